The predicted octanol–water partition coefficient (Wildman–Crippen LogP) is 27.7. The first-order valence-corrected chi connectivity index (χ1v) is 56.9. The highest BCUT2D eigenvalue weighted by molar-refractivity contribution is 9.12. The molecule has 0 aromatic rings. The molecule has 724 valence electrons. The van der Waals surface area contributed by atoms with Gasteiger partial charge >= 0.3 is 0 Å². The highest BCUT2D eigenvalue weighted by Gasteiger charge is 2.69. The SMILES string of the molecule is C=C1CC2C(CC[C@]3(C)C(=O)CCC23)[C@@]2(C)C=CC(=O)C=C12.C=C1CC2C(CC[C@]3(C)C(=O)CCC23)[C@@]2(C)CC(Br)C(=O)C=C12.C=C1CC2C(CC[C@]3(C)C(=O)CCC23)[C@@]2(C)CCC(=O)C=C12.CC1=CC2=CCC3C(CC[C@]4(C)C(=O)CCC34)[C@@]2(C)CC1.C[C@]12CC(Br)C(=O)C=C1C(Br)(CBr)CC1C2CC[C@]2(C)C(=O)CCC12.C[C@]12CCC(=O)C=C1CCC1C2CC[C@]2(C)C(=O)CCC12. The normalized spacial score (nSPS) is 49.1. The average molecular weight is 2080 g/mol. The fourth-order valence-electron chi connectivity index (χ4n) is 38.0. The fraction of sp³-hybridized carbons (Fsp3) is 0.723. The Kier molecular flexibility index (Phi) is 25.4. The number of alkyl halides is 4. The van der Waals surface area contributed by atoms with E-state index in [1.807, 2.05) is 24.3 Å². The molecule has 11 nitrogen and oxygen atoms in total. The monoisotopic (exact) mass is 2070 g/mol. The molecule has 24 rings (SSSR count). The summed E-state index contributed by atoms with van der Waals surface area (Å²) in [7, 11) is 0. The van der Waals surface area contributed by atoms with Gasteiger partial charge in [-0.1, -0.05) is 213 Å². The Bertz CT molecular complexity index is 5340. The number of rotatable bonds is 1. The van der Waals surface area contributed by atoms with E-state index in [-0.39, 0.29) is 96.7 Å². The molecular weight excluding hydrogens is 1920 g/mol. The molecule has 0 saturated heterocycles. The molecule has 17 fully saturated rings. The standard InChI is InChI=1S/C20H25Br3O2.C20H25BrO2.C20H26O2.C20H24O2.C20H28O.C19H26O2/c1-18-6-5-13-11(12(18)3-4-17(18)25)8-20(23,10-21)16-7-15(24)14(22)9-19(13,16)2;1-11-8-12-13-4-5-18(23)19(13,2)7-6-14(12)20(3)10-16(21)17(22)9-15(11)20;2*1-12-10-14-15-4-5-18(22)20(15,3)9-7-16(14)19(2)8-6-13(21)11-17(12)19;1-13-8-10-19(2)14(12-13)4-5-15-16-6-7-18(21)20(16,3)11-9-17(15)19;1-18-9-7-13(20)11-12(18)3-4-14-15-5-6-17(21)19(15,2)10-8-16(14)18/h7,11-14H,3-6,8-10H2,1-2H3;9,12-14,16H,1,4-8,10H2,2-3H3;11,14-16H,1,4-10H2,2-3H3;6,8,11,14-16H,1,4-5,7,9-10H2,2-3H3;4,12,15-17H,5-11H2,1-3H3;11,14-16H,3-10H2,1-2H3/t11?,12?,13?,14?,18-,19+,20?;12?,13?,14?,16?,19-,20+;2*14?,15?,16?,19-,20+;15?,16?,17?,19-,20-;14?,15?,16?,18-,19-/m001100/s1. The third-order valence-corrected chi connectivity index (χ3v) is 50.2. The minimum atomic E-state index is -0.171. The number of halogens is 4. The summed E-state index contributed by atoms with van der Waals surface area (Å²) in [5.74, 6) is 14.9. The second-order valence-corrected chi connectivity index (χ2v) is 55.8. The van der Waals surface area contributed by atoms with Crippen molar-refractivity contribution in [3.63, 3.8) is 0 Å². The quantitative estimate of drug-likeness (QED) is 0.227. The van der Waals surface area contributed by atoms with Crippen molar-refractivity contribution in [1.29, 1.82) is 0 Å². The lowest BCUT2D eigenvalue weighted by Crippen LogP contribution is -2.58. The Balaban J connectivity index is 0.000000104. The Morgan fingerprint density at radius 3 is 1.18 bits per heavy atom. The van der Waals surface area contributed by atoms with Gasteiger partial charge in [0.05, 0.1) is 14.0 Å². The Labute approximate surface area is 834 Å². The van der Waals surface area contributed by atoms with Gasteiger partial charge in [-0.2, -0.15) is 0 Å². The van der Waals surface area contributed by atoms with E-state index in [4.69, 9.17) is 0 Å². The van der Waals surface area contributed by atoms with Crippen molar-refractivity contribution in [2.45, 2.75) is 354 Å². The molecule has 15 heteroatoms. The number of fused-ring (bicyclic) bond motifs is 30. The maximum Gasteiger partial charge on any atom is 0.178 e. The number of carbonyl (C=O) groups is 11. The highest BCUT2D eigenvalue weighted by Crippen LogP contribution is 2.74. The van der Waals surface area contributed by atoms with E-state index in [1.54, 1.807) is 23.3 Å². The van der Waals surface area contributed by atoms with Crippen molar-refractivity contribution in [3.05, 3.63) is 130 Å². The minimum absolute atomic E-state index is 0.0172. The van der Waals surface area contributed by atoms with Gasteiger partial charge in [0.1, 0.15) is 34.7 Å². The molecule has 24 aliphatic carbocycles. The first kappa shape index (κ1) is 98.2. The van der Waals surface area contributed by atoms with E-state index >= 15 is 0 Å². The number of hydrogen-bond acceptors (Lipinski definition) is 11. The molecule has 0 aliphatic heterocycles. The van der Waals surface area contributed by atoms with E-state index in [1.165, 1.54) is 66.4 Å². The van der Waals surface area contributed by atoms with Gasteiger partial charge in [0, 0.05) is 94.6 Å². The topological polar surface area (TPSA) is 188 Å². The molecule has 0 aromatic carbocycles. The number of allylic oxidation sites excluding steroid dienone is 15. The zero-order chi connectivity index (χ0) is 95.8. The van der Waals surface area contributed by atoms with E-state index in [2.05, 4.69) is 192 Å². The zero-order valence-corrected chi connectivity index (χ0v) is 89.5. The lowest BCUT2D eigenvalue weighted by atomic mass is 9.45. The summed E-state index contributed by atoms with van der Waals surface area (Å²) in [6.45, 7) is 42.8. The maximum atomic E-state index is 12.6. The largest absolute Gasteiger partial charge is 0.299 e. The minimum Gasteiger partial charge on any atom is -0.299 e. The lowest BCUT2D eigenvalue weighted by molar-refractivity contribution is -0.133. The average Bonchev–Trinajstić information content (AvgIpc) is 1.67. The molecule has 134 heavy (non-hydrogen) atoms. The fourth-order valence-corrected chi connectivity index (χ4v) is 41.0. The van der Waals surface area contributed by atoms with Crippen LogP contribution >= 0.6 is 63.7 Å². The van der Waals surface area contributed by atoms with Gasteiger partial charge in [0.25, 0.3) is 0 Å². The molecule has 0 heterocycles. The third-order valence-electron chi connectivity index (χ3n) is 45.9. The summed E-state index contributed by atoms with van der Waals surface area (Å²) < 4.78 is -0.171. The second-order valence-electron chi connectivity index (χ2n) is 51.5. The van der Waals surface area contributed by atoms with Crippen LogP contribution in [0, 0.1) is 172 Å². The maximum absolute atomic E-state index is 12.6. The summed E-state index contributed by atoms with van der Waals surface area (Å²) in [6, 6.07) is 0. The molecular formula is C119H154Br4O11. The molecule has 33 atom stereocenters. The van der Waals surface area contributed by atoms with Crippen molar-refractivity contribution >= 4 is 127 Å². The second kappa shape index (κ2) is 34.6. The van der Waals surface area contributed by atoms with Crippen LogP contribution in [-0.2, 0) is 52.7 Å². The molecule has 0 aromatic heterocycles. The van der Waals surface area contributed by atoms with Crippen LogP contribution in [0.15, 0.2) is 130 Å². The molecule has 17 saturated carbocycles. The summed E-state index contributed by atoms with van der Waals surface area (Å²) in [6.07, 6.45) is 57.8. The van der Waals surface area contributed by atoms with Crippen molar-refractivity contribution in [3.8, 4) is 0 Å². The lowest BCUT2D eigenvalue weighted by Gasteiger charge is -2.61. The molecule has 24 aliphatic rings. The van der Waals surface area contributed by atoms with Crippen LogP contribution in [0.5, 0.6) is 0 Å². The van der Waals surface area contributed by atoms with Crippen molar-refractivity contribution in [1.82, 2.24) is 0 Å². The van der Waals surface area contributed by atoms with Gasteiger partial charge in [0.15, 0.2) is 28.9 Å². The first-order valence-electron chi connectivity index (χ1n) is 53.2. The molecule has 0 amide bonds. The zero-order valence-electron chi connectivity index (χ0n) is 83.2. The van der Waals surface area contributed by atoms with Gasteiger partial charge in [-0.05, 0) is 404 Å². The van der Waals surface area contributed by atoms with Crippen LogP contribution in [0.2, 0.25) is 0 Å². The third kappa shape index (κ3) is 15.1. The Hall–Kier alpha value is -4.57. The molecule has 0 spiro atoms. The van der Waals surface area contributed by atoms with Gasteiger partial charge < -0.3 is 0 Å². The van der Waals surface area contributed by atoms with E-state index in [9.17, 15) is 52.7 Å². The van der Waals surface area contributed by atoms with Crippen LogP contribution < -0.4 is 0 Å². The highest BCUT2D eigenvalue weighted by atomic mass is 79.9. The van der Waals surface area contributed by atoms with Crippen molar-refractivity contribution in [2.24, 2.45) is 172 Å². The molecule has 21 unspecified atom stereocenters. The van der Waals surface area contributed by atoms with Crippen molar-refractivity contribution in [2.75, 3.05) is 5.33 Å². The van der Waals surface area contributed by atoms with Crippen LogP contribution in [0.4, 0.5) is 0 Å². The summed E-state index contributed by atoms with van der Waals surface area (Å²) in [5.41, 5.74) is 13.2. The van der Waals surface area contributed by atoms with Gasteiger partial charge in [-0.3, -0.25) is 52.7 Å². The predicted molar refractivity (Wildman–Crippen MR) is 545 cm³/mol. The number of Topliss-reactive ketones (excluding diaryl/α,β-unsaturated/α-hetero) is 6. The van der Waals surface area contributed by atoms with Crippen molar-refractivity contribution < 1.29 is 52.7 Å². The molecule has 0 bridgehead atoms. The number of ketones is 11. The van der Waals surface area contributed by atoms with Crippen LogP contribution in [0.1, 0.15) is 340 Å². The first-order chi connectivity index (χ1) is 63.0. The molecule has 0 radical (unpaired) electrons. The Morgan fingerprint density at radius 1 is 0.328 bits per heavy atom. The van der Waals surface area contributed by atoms with Gasteiger partial charge in [0.2, 0.25) is 0 Å². The van der Waals surface area contributed by atoms with Gasteiger partial charge in [-0.25, -0.2) is 0 Å². The van der Waals surface area contributed by atoms with E-state index in [0.717, 1.165) is 239 Å². The van der Waals surface area contributed by atoms with E-state index < -0.39 is 0 Å². The van der Waals surface area contributed by atoms with E-state index in [0.29, 0.717) is 147 Å². The summed E-state index contributed by atoms with van der Waals surface area (Å²) in [4.78, 5) is 135. The molecule has 0 N–H and O–H groups in total. The summed E-state index contributed by atoms with van der Waals surface area (Å²) >= 11 is 15.0. The smallest absolute Gasteiger partial charge is 0.178 e. The number of carbonyl (C=O) groups excluding carboxylic acids is 11. The van der Waals surface area contributed by atoms with Crippen LogP contribution in [0.3, 0.4) is 0 Å². The van der Waals surface area contributed by atoms with Gasteiger partial charge in [-0.15, -0.1) is 0 Å². The summed E-state index contributed by atoms with van der Waals surface area (Å²) in [5, 5.41) is 0.808. The van der Waals surface area contributed by atoms with Crippen LogP contribution in [0.25, 0.3) is 0 Å². The van der Waals surface area contributed by atoms with Crippen LogP contribution in [-0.4, -0.2) is 82.9 Å². The Morgan fingerprint density at radius 2 is 0.694 bits per heavy atom. The number of hydrogen-bond donors (Lipinski definition) is 0.